The maximum atomic E-state index is 4.67. The van der Waals surface area contributed by atoms with Gasteiger partial charge in [-0.2, -0.15) is 12.6 Å². The molecule has 0 fully saturated rings. The largest absolute Gasteiger partial charge is 0.175 e. The van der Waals surface area contributed by atoms with Crippen molar-refractivity contribution >= 4 is 12.6 Å². The molecule has 0 aromatic rings. The highest BCUT2D eigenvalue weighted by Gasteiger charge is 2.22. The summed E-state index contributed by atoms with van der Waals surface area (Å²) in [6, 6.07) is 0. The summed E-state index contributed by atoms with van der Waals surface area (Å²) >= 11 is 4.67. The predicted octanol–water partition coefficient (Wildman–Crippen LogP) is 4.55. The lowest BCUT2D eigenvalue weighted by molar-refractivity contribution is 0.335. The molecular weight excluding hydrogens is 176 g/mol. The van der Waals surface area contributed by atoms with E-state index in [0.29, 0.717) is 10.7 Å². The van der Waals surface area contributed by atoms with Crippen LogP contribution in [-0.2, 0) is 0 Å². The number of hydrogen-bond acceptors (Lipinski definition) is 1. The van der Waals surface area contributed by atoms with Crippen LogP contribution in [-0.4, -0.2) is 5.25 Å². The second-order valence-electron chi connectivity index (χ2n) is 5.36. The lowest BCUT2D eigenvalue weighted by Gasteiger charge is -2.28. The monoisotopic (exact) mass is 202 g/mol. The van der Waals surface area contributed by atoms with E-state index in [0.717, 1.165) is 5.92 Å². The van der Waals surface area contributed by atoms with Gasteiger partial charge in [0.25, 0.3) is 0 Å². The second-order valence-corrected chi connectivity index (χ2v) is 5.99. The average Bonchev–Trinajstić information content (AvgIpc) is 1.99. The third-order valence-corrected chi connectivity index (χ3v) is 3.66. The van der Waals surface area contributed by atoms with Crippen molar-refractivity contribution in [2.75, 3.05) is 0 Å². The molecule has 2 unspecified atom stereocenters. The fourth-order valence-corrected chi connectivity index (χ4v) is 1.77. The maximum Gasteiger partial charge on any atom is 0.00679 e. The fraction of sp³-hybridized carbons (Fsp3) is 1.00. The van der Waals surface area contributed by atoms with Crippen molar-refractivity contribution in [2.24, 2.45) is 11.3 Å². The summed E-state index contributed by atoms with van der Waals surface area (Å²) in [7, 11) is 0. The van der Waals surface area contributed by atoms with Gasteiger partial charge in [-0.15, -0.1) is 0 Å². The molecule has 0 aliphatic heterocycles. The van der Waals surface area contributed by atoms with Crippen LogP contribution < -0.4 is 0 Å². The van der Waals surface area contributed by atoms with Gasteiger partial charge in [0.1, 0.15) is 0 Å². The van der Waals surface area contributed by atoms with Crippen LogP contribution in [0, 0.1) is 11.3 Å². The van der Waals surface area contributed by atoms with E-state index in [2.05, 4.69) is 47.2 Å². The highest BCUT2D eigenvalue weighted by atomic mass is 32.1. The molecule has 0 aromatic heterocycles. The lowest BCUT2D eigenvalue weighted by atomic mass is 9.85. The molecule has 80 valence electrons. The van der Waals surface area contributed by atoms with E-state index in [4.69, 9.17) is 0 Å². The minimum absolute atomic E-state index is 0.351. The Morgan fingerprint density at radius 1 is 1.23 bits per heavy atom. The van der Waals surface area contributed by atoms with Gasteiger partial charge in [0, 0.05) is 5.25 Å². The van der Waals surface area contributed by atoms with E-state index in [1.807, 2.05) is 0 Å². The first-order valence-corrected chi connectivity index (χ1v) is 6.07. The summed E-state index contributed by atoms with van der Waals surface area (Å²) in [6.45, 7) is 11.4. The molecule has 0 aromatic carbocycles. The van der Waals surface area contributed by atoms with Crippen LogP contribution in [0.15, 0.2) is 0 Å². The van der Waals surface area contributed by atoms with Gasteiger partial charge in [-0.25, -0.2) is 0 Å². The van der Waals surface area contributed by atoms with E-state index in [-0.39, 0.29) is 0 Å². The van der Waals surface area contributed by atoms with Crippen LogP contribution in [0.2, 0.25) is 0 Å². The minimum Gasteiger partial charge on any atom is -0.175 e. The van der Waals surface area contributed by atoms with Crippen LogP contribution >= 0.6 is 12.6 Å². The Hall–Kier alpha value is 0.350. The van der Waals surface area contributed by atoms with Crippen molar-refractivity contribution in [1.29, 1.82) is 0 Å². The zero-order valence-electron chi connectivity index (χ0n) is 9.93. The summed E-state index contributed by atoms with van der Waals surface area (Å²) in [5.41, 5.74) is 0.351. The highest BCUT2D eigenvalue weighted by molar-refractivity contribution is 7.81. The molecule has 0 N–H and O–H groups in total. The first-order chi connectivity index (χ1) is 5.88. The first kappa shape index (κ1) is 13.4. The molecule has 0 spiro atoms. The van der Waals surface area contributed by atoms with Gasteiger partial charge in [-0.1, -0.05) is 53.9 Å². The van der Waals surface area contributed by atoms with Crippen molar-refractivity contribution in [3.05, 3.63) is 0 Å². The third kappa shape index (κ3) is 6.42. The summed E-state index contributed by atoms with van der Waals surface area (Å²) in [6.07, 6.45) is 5.30. The van der Waals surface area contributed by atoms with Crippen molar-refractivity contribution in [3.8, 4) is 0 Å². The molecule has 13 heavy (non-hydrogen) atoms. The van der Waals surface area contributed by atoms with Gasteiger partial charge in [-0.05, 0) is 17.8 Å². The molecule has 0 radical (unpaired) electrons. The number of rotatable bonds is 5. The van der Waals surface area contributed by atoms with Gasteiger partial charge < -0.3 is 0 Å². The Kier molecular flexibility index (Phi) is 6.11. The Labute approximate surface area is 89.9 Å². The summed E-state index contributed by atoms with van der Waals surface area (Å²) in [5.74, 6) is 0.835. The molecule has 0 rings (SSSR count). The topological polar surface area (TPSA) is 0 Å². The Morgan fingerprint density at radius 2 is 1.77 bits per heavy atom. The molecule has 0 nitrogen and oxygen atoms in total. The molecule has 0 saturated heterocycles. The van der Waals surface area contributed by atoms with Gasteiger partial charge >= 0.3 is 0 Å². The fourth-order valence-electron chi connectivity index (χ4n) is 1.41. The van der Waals surface area contributed by atoms with Crippen LogP contribution in [0.5, 0.6) is 0 Å². The molecule has 0 bridgehead atoms. The quantitative estimate of drug-likeness (QED) is 0.621. The predicted molar refractivity (Wildman–Crippen MR) is 65.5 cm³/mol. The van der Waals surface area contributed by atoms with Gasteiger partial charge in [-0.3, -0.25) is 0 Å². The second kappa shape index (κ2) is 5.95. The standard InChI is InChI=1S/C12H26S/c1-6-7-8-10(2)9-11(13)12(3,4)5/h10-11,13H,6-9H2,1-5H3. The molecule has 0 saturated carbocycles. The van der Waals surface area contributed by atoms with Gasteiger partial charge in [0.05, 0.1) is 0 Å². The molecule has 0 amide bonds. The Bertz CT molecular complexity index is 124. The Balaban J connectivity index is 3.71. The average molecular weight is 202 g/mol. The lowest BCUT2D eigenvalue weighted by Crippen LogP contribution is -2.23. The molecule has 0 heterocycles. The van der Waals surface area contributed by atoms with Crippen LogP contribution in [0.3, 0.4) is 0 Å². The van der Waals surface area contributed by atoms with Crippen molar-refractivity contribution in [1.82, 2.24) is 0 Å². The van der Waals surface area contributed by atoms with E-state index in [1.54, 1.807) is 0 Å². The van der Waals surface area contributed by atoms with Crippen LogP contribution in [0.4, 0.5) is 0 Å². The zero-order chi connectivity index (χ0) is 10.5. The minimum atomic E-state index is 0.351. The number of unbranched alkanes of at least 4 members (excludes halogenated alkanes) is 1. The maximum absolute atomic E-state index is 4.67. The Morgan fingerprint density at radius 3 is 2.15 bits per heavy atom. The van der Waals surface area contributed by atoms with E-state index < -0.39 is 0 Å². The highest BCUT2D eigenvalue weighted by Crippen LogP contribution is 2.30. The van der Waals surface area contributed by atoms with E-state index in [1.165, 1.54) is 25.7 Å². The van der Waals surface area contributed by atoms with Gasteiger partial charge in [0.2, 0.25) is 0 Å². The summed E-state index contributed by atoms with van der Waals surface area (Å²) in [5, 5.41) is 0.541. The molecule has 2 atom stereocenters. The summed E-state index contributed by atoms with van der Waals surface area (Å²) < 4.78 is 0. The normalized spacial score (nSPS) is 17.1. The van der Waals surface area contributed by atoms with Crippen LogP contribution in [0.25, 0.3) is 0 Å². The van der Waals surface area contributed by atoms with Crippen molar-refractivity contribution in [3.63, 3.8) is 0 Å². The molecule has 0 aliphatic rings. The number of thiol groups is 1. The van der Waals surface area contributed by atoms with Crippen molar-refractivity contribution in [2.45, 2.75) is 65.6 Å². The third-order valence-electron chi connectivity index (χ3n) is 2.68. The van der Waals surface area contributed by atoms with Crippen molar-refractivity contribution < 1.29 is 0 Å². The van der Waals surface area contributed by atoms with Gasteiger partial charge in [0.15, 0.2) is 0 Å². The smallest absolute Gasteiger partial charge is 0.00679 e. The molecule has 0 aliphatic carbocycles. The molecule has 1 heteroatoms. The number of hydrogen-bond donors (Lipinski definition) is 1. The molecular formula is C12H26S. The van der Waals surface area contributed by atoms with E-state index >= 15 is 0 Å². The van der Waals surface area contributed by atoms with E-state index in [9.17, 15) is 0 Å². The SMILES string of the molecule is CCCCC(C)CC(S)C(C)(C)C. The first-order valence-electron chi connectivity index (χ1n) is 5.56. The zero-order valence-corrected chi connectivity index (χ0v) is 10.8. The summed E-state index contributed by atoms with van der Waals surface area (Å²) in [4.78, 5) is 0. The van der Waals surface area contributed by atoms with Crippen LogP contribution in [0.1, 0.15) is 60.3 Å².